The van der Waals surface area contributed by atoms with Gasteiger partial charge in [-0.15, -0.1) is 0 Å². The first-order chi connectivity index (χ1) is 14.4. The second-order valence-electron chi connectivity index (χ2n) is 10.0. The largest absolute Gasteiger partial charge is 0.351 e. The molecule has 1 heterocycles. The van der Waals surface area contributed by atoms with E-state index in [1.165, 1.54) is 37.6 Å². The Hall–Kier alpha value is -1.59. The Morgan fingerprint density at radius 1 is 1.17 bits per heavy atom. The van der Waals surface area contributed by atoms with Crippen LogP contribution in [0.4, 0.5) is 0 Å². The van der Waals surface area contributed by atoms with Gasteiger partial charge in [0, 0.05) is 22.5 Å². The van der Waals surface area contributed by atoms with Crippen molar-refractivity contribution in [1.29, 1.82) is 0 Å². The lowest BCUT2D eigenvalue weighted by Crippen LogP contribution is -2.58. The van der Waals surface area contributed by atoms with E-state index in [0.29, 0.717) is 17.9 Å². The van der Waals surface area contributed by atoms with Gasteiger partial charge in [-0.3, -0.25) is 9.78 Å². The summed E-state index contributed by atoms with van der Waals surface area (Å²) in [5.74, 6) is 2.98. The Bertz CT molecular complexity index is 892. The van der Waals surface area contributed by atoms with Crippen molar-refractivity contribution in [1.82, 2.24) is 15.0 Å². The number of fused-ring (bicyclic) bond motifs is 3. The molecule has 162 valence electrons. The minimum atomic E-state index is -0.670. The Balaban J connectivity index is 1.44. The number of hydrogen-bond acceptors (Lipinski definition) is 4. The van der Waals surface area contributed by atoms with Crippen LogP contribution in [-0.2, 0) is 4.79 Å². The zero-order valence-electron chi connectivity index (χ0n) is 18.7. The fraction of sp³-hybridized carbons (Fsp3) is 0.600. The standard InChI is InChI=1S/C25H35N3OS/c1-5-18-14-17-12-16(2)13-20(15-17)22(18)27-24(29)25(3,4)28-30-21-10-6-8-19-9-7-11-26-23(19)21/h6-11,16-18,20,22,28H,5,12-15H2,1-4H3,(H,27,29). The van der Waals surface area contributed by atoms with Crippen LogP contribution in [0.25, 0.3) is 10.9 Å². The highest BCUT2D eigenvalue weighted by Crippen LogP contribution is 2.46. The van der Waals surface area contributed by atoms with Gasteiger partial charge in [-0.25, -0.2) is 4.72 Å². The first-order valence-corrected chi connectivity index (χ1v) is 12.3. The van der Waals surface area contributed by atoms with Gasteiger partial charge in [0.2, 0.25) is 5.91 Å². The van der Waals surface area contributed by atoms with Crippen molar-refractivity contribution in [3.05, 3.63) is 36.5 Å². The van der Waals surface area contributed by atoms with E-state index >= 15 is 0 Å². The Kier molecular flexibility index (Phi) is 6.40. The topological polar surface area (TPSA) is 54.0 Å². The van der Waals surface area contributed by atoms with Gasteiger partial charge < -0.3 is 5.32 Å². The fourth-order valence-corrected chi connectivity index (χ4v) is 6.50. The molecule has 30 heavy (non-hydrogen) atoms. The SMILES string of the molecule is CCC1CC2CC(C)CC(C2)C1NC(=O)C(C)(C)NSc1cccc2cccnc12. The number of carbonyl (C=O) groups is 1. The van der Waals surface area contributed by atoms with E-state index in [2.05, 4.69) is 47.1 Å². The molecule has 5 heteroatoms. The van der Waals surface area contributed by atoms with E-state index in [9.17, 15) is 4.79 Å². The van der Waals surface area contributed by atoms with Crippen LogP contribution in [-0.4, -0.2) is 22.5 Å². The van der Waals surface area contributed by atoms with Crippen molar-refractivity contribution < 1.29 is 4.79 Å². The minimum absolute atomic E-state index is 0.100. The van der Waals surface area contributed by atoms with Crippen molar-refractivity contribution in [3.8, 4) is 0 Å². The predicted molar refractivity (Wildman–Crippen MR) is 125 cm³/mol. The molecule has 4 rings (SSSR count). The first-order valence-electron chi connectivity index (χ1n) is 11.5. The van der Waals surface area contributed by atoms with Gasteiger partial charge in [-0.1, -0.05) is 38.5 Å². The number of carbonyl (C=O) groups excluding carboxylic acids is 1. The number of benzene rings is 1. The minimum Gasteiger partial charge on any atom is -0.351 e. The lowest BCUT2D eigenvalue weighted by Gasteiger charge is -2.48. The fourth-order valence-electron chi connectivity index (χ4n) is 5.62. The summed E-state index contributed by atoms with van der Waals surface area (Å²) in [6.07, 6.45) is 8.15. The van der Waals surface area contributed by atoms with E-state index in [-0.39, 0.29) is 5.91 Å². The normalized spacial score (nSPS) is 29.0. The molecule has 2 bridgehead atoms. The zero-order chi connectivity index (χ0) is 21.3. The van der Waals surface area contributed by atoms with Crippen LogP contribution >= 0.6 is 11.9 Å². The molecule has 2 fully saturated rings. The van der Waals surface area contributed by atoms with E-state index in [0.717, 1.165) is 34.1 Å². The summed E-state index contributed by atoms with van der Waals surface area (Å²) in [6, 6.07) is 10.5. The molecule has 0 spiro atoms. The maximum atomic E-state index is 13.3. The Labute approximate surface area is 185 Å². The molecular weight excluding hydrogens is 390 g/mol. The Morgan fingerprint density at radius 3 is 2.77 bits per heavy atom. The summed E-state index contributed by atoms with van der Waals surface area (Å²) in [7, 11) is 0. The average Bonchev–Trinajstić information content (AvgIpc) is 2.73. The van der Waals surface area contributed by atoms with Gasteiger partial charge in [0.1, 0.15) is 5.54 Å². The van der Waals surface area contributed by atoms with Crippen molar-refractivity contribution in [2.45, 2.75) is 76.3 Å². The number of nitrogens with one attached hydrogen (secondary N) is 2. The van der Waals surface area contributed by atoms with Crippen molar-refractivity contribution in [2.24, 2.45) is 23.7 Å². The van der Waals surface area contributed by atoms with Crippen LogP contribution in [0.3, 0.4) is 0 Å². The van der Waals surface area contributed by atoms with Gasteiger partial charge in [-0.05, 0) is 87.3 Å². The smallest absolute Gasteiger partial charge is 0.240 e. The highest BCUT2D eigenvalue weighted by Gasteiger charge is 2.43. The van der Waals surface area contributed by atoms with Crippen LogP contribution in [0.15, 0.2) is 41.4 Å². The number of pyridine rings is 1. The van der Waals surface area contributed by atoms with E-state index in [1.54, 1.807) is 0 Å². The second-order valence-corrected chi connectivity index (χ2v) is 10.9. The summed E-state index contributed by atoms with van der Waals surface area (Å²) in [5.41, 5.74) is 0.297. The molecule has 5 unspecified atom stereocenters. The van der Waals surface area contributed by atoms with Crippen molar-refractivity contribution in [3.63, 3.8) is 0 Å². The third kappa shape index (κ3) is 4.52. The van der Waals surface area contributed by atoms with Gasteiger partial charge in [0.25, 0.3) is 0 Å². The molecule has 1 aromatic heterocycles. The molecule has 2 saturated carbocycles. The molecule has 0 saturated heterocycles. The first kappa shape index (κ1) is 21.6. The number of nitrogens with zero attached hydrogens (tertiary/aromatic N) is 1. The van der Waals surface area contributed by atoms with Crippen molar-refractivity contribution in [2.75, 3.05) is 0 Å². The number of para-hydroxylation sites is 1. The summed E-state index contributed by atoms with van der Waals surface area (Å²) < 4.78 is 3.42. The number of aromatic nitrogens is 1. The van der Waals surface area contributed by atoms with Gasteiger partial charge in [0.15, 0.2) is 0 Å². The lowest BCUT2D eigenvalue weighted by atomic mass is 9.62. The average molecular weight is 426 g/mol. The van der Waals surface area contributed by atoms with Gasteiger partial charge >= 0.3 is 0 Å². The highest BCUT2D eigenvalue weighted by atomic mass is 32.2. The predicted octanol–water partition coefficient (Wildman–Crippen LogP) is 5.58. The van der Waals surface area contributed by atoms with Crippen LogP contribution in [0.1, 0.15) is 59.8 Å². The molecule has 2 aliphatic carbocycles. The van der Waals surface area contributed by atoms with Crippen molar-refractivity contribution >= 4 is 28.8 Å². The molecule has 0 radical (unpaired) electrons. The molecule has 1 aromatic carbocycles. The molecule has 2 N–H and O–H groups in total. The van der Waals surface area contributed by atoms with E-state index < -0.39 is 5.54 Å². The molecule has 2 aliphatic rings. The molecule has 2 aromatic rings. The molecule has 5 atom stereocenters. The number of rotatable bonds is 6. The number of amides is 1. The quantitative estimate of drug-likeness (QED) is 0.594. The third-order valence-electron chi connectivity index (χ3n) is 7.13. The summed E-state index contributed by atoms with van der Waals surface area (Å²) in [5, 5.41) is 4.59. The maximum Gasteiger partial charge on any atom is 0.240 e. The van der Waals surface area contributed by atoms with Crippen LogP contribution in [0.2, 0.25) is 0 Å². The van der Waals surface area contributed by atoms with Crippen LogP contribution in [0.5, 0.6) is 0 Å². The van der Waals surface area contributed by atoms with Crippen LogP contribution in [0, 0.1) is 23.7 Å². The maximum absolute atomic E-state index is 13.3. The third-order valence-corrected chi connectivity index (χ3v) is 8.29. The summed E-state index contributed by atoms with van der Waals surface area (Å²) in [6.45, 7) is 8.61. The van der Waals surface area contributed by atoms with Crippen LogP contribution < -0.4 is 10.0 Å². The summed E-state index contributed by atoms with van der Waals surface area (Å²) in [4.78, 5) is 18.9. The second kappa shape index (κ2) is 8.88. The van der Waals surface area contributed by atoms with Gasteiger partial charge in [-0.2, -0.15) is 0 Å². The summed E-state index contributed by atoms with van der Waals surface area (Å²) >= 11 is 1.50. The van der Waals surface area contributed by atoms with Gasteiger partial charge in [0.05, 0.1) is 5.52 Å². The molecular formula is C25H35N3OS. The molecule has 4 nitrogen and oxygen atoms in total. The van der Waals surface area contributed by atoms with E-state index in [1.807, 2.05) is 32.2 Å². The number of hydrogen-bond donors (Lipinski definition) is 2. The zero-order valence-corrected chi connectivity index (χ0v) is 19.5. The van der Waals surface area contributed by atoms with E-state index in [4.69, 9.17) is 0 Å². The molecule has 1 amide bonds. The lowest BCUT2D eigenvalue weighted by molar-refractivity contribution is -0.128. The Morgan fingerprint density at radius 2 is 1.97 bits per heavy atom. The monoisotopic (exact) mass is 425 g/mol. The molecule has 0 aliphatic heterocycles. The highest BCUT2D eigenvalue weighted by molar-refractivity contribution is 7.97.